The summed E-state index contributed by atoms with van der Waals surface area (Å²) in [7, 11) is -3.62. The highest BCUT2D eigenvalue weighted by atomic mass is 35.5. The lowest BCUT2D eigenvalue weighted by Crippen LogP contribution is -2.40. The van der Waals surface area contributed by atoms with Crippen LogP contribution in [0.2, 0.25) is 10.0 Å². The molecule has 0 saturated heterocycles. The summed E-state index contributed by atoms with van der Waals surface area (Å²) < 4.78 is 27.1. The molecule has 2 aromatic rings. The van der Waals surface area contributed by atoms with Crippen LogP contribution in [0.25, 0.3) is 0 Å². The van der Waals surface area contributed by atoms with Crippen molar-refractivity contribution in [2.24, 2.45) is 0 Å². The van der Waals surface area contributed by atoms with E-state index in [1.165, 1.54) is 36.4 Å². The van der Waals surface area contributed by atoms with Gasteiger partial charge in [0.05, 0.1) is 14.9 Å². The van der Waals surface area contributed by atoms with Crippen LogP contribution in [0, 0.1) is 0 Å². The lowest BCUT2D eigenvalue weighted by atomic mass is 10.1. The van der Waals surface area contributed by atoms with Gasteiger partial charge in [0, 0.05) is 16.8 Å². The lowest BCUT2D eigenvalue weighted by molar-refractivity contribution is 0.102. The summed E-state index contributed by atoms with van der Waals surface area (Å²) in [6, 6.07) is 10.4. The SMILES string of the molecule is CC(C)(C)NS(=O)(=O)c1ccc(NC(=O)c2ccc(Cl)c(Cl)c2)cc1. The summed E-state index contributed by atoms with van der Waals surface area (Å²) in [5.41, 5.74) is 0.228. The van der Waals surface area contributed by atoms with Gasteiger partial charge in [0.2, 0.25) is 10.0 Å². The Bertz CT molecular complexity index is 889. The van der Waals surface area contributed by atoms with E-state index >= 15 is 0 Å². The predicted octanol–water partition coefficient (Wildman–Crippen LogP) is 4.32. The Morgan fingerprint density at radius 3 is 2.08 bits per heavy atom. The Morgan fingerprint density at radius 1 is 0.960 bits per heavy atom. The molecule has 0 aromatic heterocycles. The first-order chi connectivity index (χ1) is 11.5. The molecule has 1 amide bonds. The number of nitrogens with one attached hydrogen (secondary N) is 2. The van der Waals surface area contributed by atoms with Gasteiger partial charge in [0.1, 0.15) is 0 Å². The van der Waals surface area contributed by atoms with E-state index in [1.807, 2.05) is 0 Å². The minimum Gasteiger partial charge on any atom is -0.322 e. The van der Waals surface area contributed by atoms with Gasteiger partial charge in [0.15, 0.2) is 0 Å². The molecule has 0 bridgehead atoms. The molecule has 0 aliphatic carbocycles. The molecule has 5 nitrogen and oxygen atoms in total. The van der Waals surface area contributed by atoms with E-state index in [1.54, 1.807) is 26.8 Å². The Morgan fingerprint density at radius 2 is 1.56 bits per heavy atom. The fourth-order valence-electron chi connectivity index (χ4n) is 2.02. The molecule has 0 spiro atoms. The lowest BCUT2D eigenvalue weighted by Gasteiger charge is -2.20. The second kappa shape index (κ2) is 7.33. The van der Waals surface area contributed by atoms with Gasteiger partial charge in [-0.2, -0.15) is 0 Å². The third-order valence-corrected chi connectivity index (χ3v) is 5.56. The number of anilines is 1. The predicted molar refractivity (Wildman–Crippen MR) is 101 cm³/mol. The van der Waals surface area contributed by atoms with Crippen molar-refractivity contribution in [2.45, 2.75) is 31.2 Å². The second-order valence-corrected chi connectivity index (χ2v) is 8.96. The number of amides is 1. The molecular formula is C17H18Cl2N2O3S. The van der Waals surface area contributed by atoms with Crippen LogP contribution < -0.4 is 10.0 Å². The summed E-state index contributed by atoms with van der Waals surface area (Å²) >= 11 is 11.7. The number of carbonyl (C=O) groups excluding carboxylic acids is 1. The standard InChI is InChI=1S/C17H18Cl2N2O3S/c1-17(2,3)21-25(23,24)13-7-5-12(6-8-13)20-16(22)11-4-9-14(18)15(19)10-11/h4-10,21H,1-3H3,(H,20,22). The molecule has 134 valence electrons. The van der Waals surface area contributed by atoms with Gasteiger partial charge < -0.3 is 5.32 Å². The highest BCUT2D eigenvalue weighted by Crippen LogP contribution is 2.23. The second-order valence-electron chi connectivity index (χ2n) is 6.46. The topological polar surface area (TPSA) is 75.3 Å². The molecule has 25 heavy (non-hydrogen) atoms. The maximum Gasteiger partial charge on any atom is 0.255 e. The van der Waals surface area contributed by atoms with Crippen molar-refractivity contribution < 1.29 is 13.2 Å². The zero-order valence-corrected chi connectivity index (χ0v) is 16.3. The molecule has 0 radical (unpaired) electrons. The van der Waals surface area contributed by atoms with Crippen LogP contribution in [0.4, 0.5) is 5.69 Å². The normalized spacial score (nSPS) is 12.0. The van der Waals surface area contributed by atoms with Gasteiger partial charge in [-0.1, -0.05) is 23.2 Å². The number of sulfonamides is 1. The summed E-state index contributed by atoms with van der Waals surface area (Å²) in [6.07, 6.45) is 0. The average Bonchev–Trinajstić information content (AvgIpc) is 2.48. The molecule has 0 aliphatic heterocycles. The van der Waals surface area contributed by atoms with Crippen molar-refractivity contribution in [1.82, 2.24) is 4.72 Å². The van der Waals surface area contributed by atoms with E-state index in [0.29, 0.717) is 16.3 Å². The van der Waals surface area contributed by atoms with Gasteiger partial charge in [-0.05, 0) is 63.2 Å². The Kier molecular flexibility index (Phi) is 5.79. The highest BCUT2D eigenvalue weighted by molar-refractivity contribution is 7.89. The van der Waals surface area contributed by atoms with E-state index in [2.05, 4.69) is 10.0 Å². The van der Waals surface area contributed by atoms with Gasteiger partial charge in [-0.3, -0.25) is 4.79 Å². The molecule has 0 saturated carbocycles. The fourth-order valence-corrected chi connectivity index (χ4v) is 3.74. The minimum atomic E-state index is -3.62. The first-order valence-corrected chi connectivity index (χ1v) is 9.62. The van der Waals surface area contributed by atoms with Crippen molar-refractivity contribution in [1.29, 1.82) is 0 Å². The number of benzene rings is 2. The number of hydrogen-bond acceptors (Lipinski definition) is 3. The summed E-state index contributed by atoms with van der Waals surface area (Å²) in [4.78, 5) is 12.3. The van der Waals surface area contributed by atoms with Crippen molar-refractivity contribution in [3.63, 3.8) is 0 Å². The van der Waals surface area contributed by atoms with E-state index in [4.69, 9.17) is 23.2 Å². The van der Waals surface area contributed by atoms with E-state index in [-0.39, 0.29) is 15.8 Å². The zero-order chi connectivity index (χ0) is 18.8. The smallest absolute Gasteiger partial charge is 0.255 e. The van der Waals surface area contributed by atoms with Gasteiger partial charge >= 0.3 is 0 Å². The molecule has 2 N–H and O–H groups in total. The van der Waals surface area contributed by atoms with Crippen molar-refractivity contribution in [3.05, 3.63) is 58.1 Å². The molecule has 0 aliphatic rings. The molecule has 0 fully saturated rings. The van der Waals surface area contributed by atoms with Crippen LogP contribution in [0.5, 0.6) is 0 Å². The summed E-state index contributed by atoms with van der Waals surface area (Å²) in [5.74, 6) is -0.373. The zero-order valence-electron chi connectivity index (χ0n) is 13.9. The molecule has 0 heterocycles. The average molecular weight is 401 g/mol. The maximum absolute atomic E-state index is 12.2. The van der Waals surface area contributed by atoms with Crippen LogP contribution in [0.1, 0.15) is 31.1 Å². The number of hydrogen-bond donors (Lipinski definition) is 2. The van der Waals surface area contributed by atoms with Crippen LogP contribution >= 0.6 is 23.2 Å². The molecule has 2 aromatic carbocycles. The molecule has 0 atom stereocenters. The maximum atomic E-state index is 12.2. The minimum absolute atomic E-state index is 0.120. The molecule has 2 rings (SSSR count). The molecule has 0 unspecified atom stereocenters. The Labute approximate surface area is 157 Å². The fraction of sp³-hybridized carbons (Fsp3) is 0.235. The number of rotatable bonds is 4. The van der Waals surface area contributed by atoms with Gasteiger partial charge in [-0.15, -0.1) is 0 Å². The number of carbonyl (C=O) groups is 1. The largest absolute Gasteiger partial charge is 0.322 e. The van der Waals surface area contributed by atoms with Crippen LogP contribution in [0.3, 0.4) is 0 Å². The number of halogens is 2. The first kappa shape index (κ1) is 19.7. The van der Waals surface area contributed by atoms with Crippen molar-refractivity contribution in [3.8, 4) is 0 Å². The monoisotopic (exact) mass is 400 g/mol. The Balaban J connectivity index is 2.15. The van der Waals surface area contributed by atoms with Crippen molar-refractivity contribution in [2.75, 3.05) is 5.32 Å². The van der Waals surface area contributed by atoms with E-state index in [9.17, 15) is 13.2 Å². The van der Waals surface area contributed by atoms with Crippen LogP contribution in [-0.2, 0) is 10.0 Å². The third kappa shape index (κ3) is 5.44. The third-order valence-electron chi connectivity index (χ3n) is 3.04. The van der Waals surface area contributed by atoms with Gasteiger partial charge in [-0.25, -0.2) is 13.1 Å². The molecule has 8 heteroatoms. The van der Waals surface area contributed by atoms with E-state index in [0.717, 1.165) is 0 Å². The highest BCUT2D eigenvalue weighted by Gasteiger charge is 2.21. The first-order valence-electron chi connectivity index (χ1n) is 7.38. The van der Waals surface area contributed by atoms with Gasteiger partial charge in [0.25, 0.3) is 5.91 Å². The molecular weight excluding hydrogens is 383 g/mol. The van der Waals surface area contributed by atoms with Crippen LogP contribution in [0.15, 0.2) is 47.4 Å². The quantitative estimate of drug-likeness (QED) is 0.801. The summed E-state index contributed by atoms with van der Waals surface area (Å²) in [5, 5.41) is 3.32. The summed E-state index contributed by atoms with van der Waals surface area (Å²) in [6.45, 7) is 5.28. The Hall–Kier alpha value is -1.60. The van der Waals surface area contributed by atoms with Crippen molar-refractivity contribution >= 4 is 44.8 Å². The van der Waals surface area contributed by atoms with E-state index < -0.39 is 15.6 Å². The van der Waals surface area contributed by atoms with Crippen LogP contribution in [-0.4, -0.2) is 19.9 Å².